The number of aliphatic hydroxyl groups is 1. The number of thiophene rings is 1. The molecule has 0 aliphatic rings. The number of ketones is 1. The molecule has 0 atom stereocenters. The number of hydrogen-bond acceptors (Lipinski definition) is 4. The van der Waals surface area contributed by atoms with Crippen molar-refractivity contribution in [3.8, 4) is 32.8 Å². The normalized spacial score (nSPS) is 11.5. The van der Waals surface area contributed by atoms with Gasteiger partial charge in [0.2, 0.25) is 0 Å². The molecule has 3 nitrogen and oxygen atoms in total. The summed E-state index contributed by atoms with van der Waals surface area (Å²) in [5.74, 6) is -0.0625. The molecule has 0 amide bonds. The quantitative estimate of drug-likeness (QED) is 0.113. The van der Waals surface area contributed by atoms with Gasteiger partial charge in [0.15, 0.2) is 5.78 Å². The Morgan fingerprint density at radius 2 is 1.52 bits per heavy atom. The van der Waals surface area contributed by atoms with Crippen LogP contribution in [0.2, 0.25) is 0 Å². The van der Waals surface area contributed by atoms with E-state index in [0.717, 1.165) is 16.8 Å². The smallest absolute Gasteiger partial charge is 0.155 e. The zero-order valence-corrected chi connectivity index (χ0v) is 28.8. The van der Waals surface area contributed by atoms with Crippen molar-refractivity contribution in [3.05, 3.63) is 113 Å². The Morgan fingerprint density at radius 3 is 2.07 bits per heavy atom. The van der Waals surface area contributed by atoms with Gasteiger partial charge in [0.05, 0.1) is 5.76 Å². The van der Waals surface area contributed by atoms with Crippen LogP contribution in [-0.4, -0.2) is 15.9 Å². The predicted octanol–water partition coefficient (Wildman–Crippen LogP) is 10.4. The minimum atomic E-state index is -0.125. The Kier molecular flexibility index (Phi) is 10.8. The molecule has 0 unspecified atom stereocenters. The van der Waals surface area contributed by atoms with Crippen molar-refractivity contribution in [2.24, 2.45) is 0 Å². The number of carbonyl (C=O) groups excluding carboxylic acids is 1. The van der Waals surface area contributed by atoms with Crippen LogP contribution in [0.1, 0.15) is 56.9 Å². The second-order valence-electron chi connectivity index (χ2n) is 11.7. The molecule has 5 heteroatoms. The molecule has 0 spiro atoms. The van der Waals surface area contributed by atoms with Crippen molar-refractivity contribution in [1.29, 1.82) is 0 Å². The Morgan fingerprint density at radius 1 is 0.905 bits per heavy atom. The molecule has 0 saturated heterocycles. The van der Waals surface area contributed by atoms with E-state index in [2.05, 4.69) is 114 Å². The van der Waals surface area contributed by atoms with Gasteiger partial charge in [-0.25, -0.2) is 0 Å². The summed E-state index contributed by atoms with van der Waals surface area (Å²) in [5, 5.41) is 9.55. The molecule has 5 aromatic rings. The Balaban J connectivity index is 0.000000541. The first-order valence-corrected chi connectivity index (χ1v) is 14.6. The third kappa shape index (κ3) is 8.13. The second kappa shape index (κ2) is 13.7. The van der Waals surface area contributed by atoms with E-state index in [1.807, 2.05) is 17.5 Å². The average molecular weight is 753 g/mol. The molecule has 3 aromatic carbocycles. The van der Waals surface area contributed by atoms with Gasteiger partial charge in [-0.2, -0.15) is 0 Å². The van der Waals surface area contributed by atoms with Crippen LogP contribution in [0.4, 0.5) is 0 Å². The van der Waals surface area contributed by atoms with Crippen LogP contribution in [-0.2, 0) is 30.3 Å². The molecule has 2 heterocycles. The standard InChI is InChI=1S/C32H30NS.C5H8O2.Ir/c1-20-14-25(16-27(15-20)32(4,5)6)28-18-30-26(19-33-28)17-29(34-30)23-10-12-24(13-11-23)31-21(2)8-7-9-22(31)3;1-4(6)3-5(2)7;/h7-13,15-19H,1-6H3;3,6H,1-2H3;/q-1;;/b;4-3-;. The van der Waals surface area contributed by atoms with Crippen molar-refractivity contribution in [2.75, 3.05) is 0 Å². The minimum Gasteiger partial charge on any atom is -0.512 e. The number of aromatic nitrogens is 1. The summed E-state index contributed by atoms with van der Waals surface area (Å²) in [6.07, 6.45) is 3.17. The first-order chi connectivity index (χ1) is 19.3. The van der Waals surface area contributed by atoms with Crippen LogP contribution in [0.25, 0.3) is 42.9 Å². The molecular weight excluding hydrogens is 715 g/mol. The van der Waals surface area contributed by atoms with Crippen LogP contribution in [0, 0.1) is 26.8 Å². The second-order valence-corrected chi connectivity index (χ2v) is 12.8. The van der Waals surface area contributed by atoms with E-state index < -0.39 is 0 Å². The molecule has 219 valence electrons. The van der Waals surface area contributed by atoms with Crippen molar-refractivity contribution in [1.82, 2.24) is 4.98 Å². The molecule has 42 heavy (non-hydrogen) atoms. The largest absolute Gasteiger partial charge is 0.512 e. The number of hydrogen-bond donors (Lipinski definition) is 1. The van der Waals surface area contributed by atoms with Crippen molar-refractivity contribution < 1.29 is 30.0 Å². The van der Waals surface area contributed by atoms with Crippen molar-refractivity contribution >= 4 is 27.2 Å². The summed E-state index contributed by atoms with van der Waals surface area (Å²) in [7, 11) is 0. The topological polar surface area (TPSA) is 50.2 Å². The number of aliphatic hydroxyl groups excluding tert-OH is 1. The fourth-order valence-corrected chi connectivity index (χ4v) is 5.95. The van der Waals surface area contributed by atoms with Gasteiger partial charge in [0.1, 0.15) is 0 Å². The number of pyridine rings is 1. The zero-order valence-electron chi connectivity index (χ0n) is 25.5. The SMILES string of the molecule is CC(=O)/C=C(/C)O.Cc1[c-]c(-c2cc3sc(-c4ccc(-c5c(C)cccc5C)cc4)cc3cn2)cc(C(C)(C)C)c1.[Ir]. The van der Waals surface area contributed by atoms with Crippen LogP contribution in [0.3, 0.4) is 0 Å². The van der Waals surface area contributed by atoms with E-state index >= 15 is 0 Å². The maximum absolute atomic E-state index is 10.0. The number of aryl methyl sites for hydroxylation is 3. The molecule has 2 aromatic heterocycles. The van der Waals surface area contributed by atoms with Gasteiger partial charge in [-0.3, -0.25) is 4.79 Å². The van der Waals surface area contributed by atoms with Gasteiger partial charge in [-0.05, 0) is 72.7 Å². The third-order valence-electron chi connectivity index (χ3n) is 6.90. The number of rotatable bonds is 4. The van der Waals surface area contributed by atoms with Crippen molar-refractivity contribution in [3.63, 3.8) is 0 Å². The minimum absolute atomic E-state index is 0. The molecule has 0 aliphatic carbocycles. The fourth-order valence-electron chi connectivity index (χ4n) is 4.87. The van der Waals surface area contributed by atoms with Crippen LogP contribution >= 0.6 is 11.3 Å². The van der Waals surface area contributed by atoms with Gasteiger partial charge < -0.3 is 10.1 Å². The summed E-state index contributed by atoms with van der Waals surface area (Å²) < 4.78 is 1.26. The van der Waals surface area contributed by atoms with E-state index in [0.29, 0.717) is 0 Å². The summed E-state index contributed by atoms with van der Waals surface area (Å²) in [5.41, 5.74) is 11.1. The number of fused-ring (bicyclic) bond motifs is 1. The predicted molar refractivity (Wildman–Crippen MR) is 175 cm³/mol. The molecule has 5 rings (SSSR count). The number of allylic oxidation sites excluding steroid dienone is 2. The van der Waals surface area contributed by atoms with Crippen LogP contribution < -0.4 is 0 Å². The maximum Gasteiger partial charge on any atom is 0.155 e. The van der Waals surface area contributed by atoms with Gasteiger partial charge in [0.25, 0.3) is 0 Å². The number of nitrogens with zero attached hydrogens (tertiary/aromatic N) is 1. The molecule has 1 N–H and O–H groups in total. The molecule has 0 saturated carbocycles. The average Bonchev–Trinajstić information content (AvgIpc) is 3.31. The van der Waals surface area contributed by atoms with Gasteiger partial charge in [0, 0.05) is 47.3 Å². The third-order valence-corrected chi connectivity index (χ3v) is 8.05. The van der Waals surface area contributed by atoms with Crippen molar-refractivity contribution in [2.45, 2.75) is 60.8 Å². The zero-order chi connectivity index (χ0) is 29.9. The Bertz CT molecular complexity index is 1720. The number of carbonyl (C=O) groups is 1. The summed E-state index contributed by atoms with van der Waals surface area (Å²) in [6, 6.07) is 27.9. The van der Waals surface area contributed by atoms with Gasteiger partial charge in [-0.1, -0.05) is 76.2 Å². The van der Waals surface area contributed by atoms with Crippen LogP contribution in [0.5, 0.6) is 0 Å². The molecule has 0 bridgehead atoms. The molecular formula is C37H38IrNO2S-. The molecule has 1 radical (unpaired) electrons. The Labute approximate surface area is 267 Å². The molecule has 0 aliphatic heterocycles. The fraction of sp³-hybridized carbons (Fsp3) is 0.243. The summed E-state index contributed by atoms with van der Waals surface area (Å²) in [4.78, 5) is 16.1. The van der Waals surface area contributed by atoms with E-state index in [9.17, 15) is 4.79 Å². The van der Waals surface area contributed by atoms with Gasteiger partial charge >= 0.3 is 0 Å². The Hall–Kier alpha value is -3.37. The van der Waals surface area contributed by atoms with Crippen LogP contribution in [0.15, 0.2) is 84.8 Å². The van der Waals surface area contributed by atoms with E-state index in [1.165, 1.54) is 68.3 Å². The molecule has 0 fully saturated rings. The number of benzene rings is 3. The van der Waals surface area contributed by atoms with Gasteiger partial charge in [-0.15, -0.1) is 46.2 Å². The summed E-state index contributed by atoms with van der Waals surface area (Å²) >= 11 is 1.83. The first kappa shape index (κ1) is 33.1. The first-order valence-electron chi connectivity index (χ1n) is 13.8. The van der Waals surface area contributed by atoms with E-state index in [4.69, 9.17) is 10.1 Å². The maximum atomic E-state index is 10.0. The monoisotopic (exact) mass is 753 g/mol. The van der Waals surface area contributed by atoms with E-state index in [1.54, 1.807) is 0 Å². The van der Waals surface area contributed by atoms with E-state index in [-0.39, 0.29) is 37.1 Å². The summed E-state index contributed by atoms with van der Waals surface area (Å²) in [6.45, 7) is 16.1.